The number of carbonyl (C=O) groups excluding carboxylic acids is 1. The fraction of sp³-hybridized carbons (Fsp3) is 0.440. The lowest BCUT2D eigenvalue weighted by molar-refractivity contribution is -0.891. The van der Waals surface area contributed by atoms with Crippen molar-refractivity contribution in [1.29, 1.82) is 0 Å². The van der Waals surface area contributed by atoms with Gasteiger partial charge in [0.15, 0.2) is 11.5 Å². The summed E-state index contributed by atoms with van der Waals surface area (Å²) in [5.41, 5.74) is 13.5. The van der Waals surface area contributed by atoms with Gasteiger partial charge in [0.2, 0.25) is 0 Å². The number of aromatic hydroxyl groups is 1. The maximum Gasteiger partial charge on any atom is 0.252 e. The number of Topliss-reactive ketones (excluding diaryl/α,β-unsaturated/α-hetero) is 1. The summed E-state index contributed by atoms with van der Waals surface area (Å²) >= 11 is 0. The standard InChI is InChI=1S/C50H56N4O7/c1-2-8-37(55)26-39(57)27-38(56)13-11-33-25-47-46(28-45(33)59)60-22-20-50(18-6-7-19-50)42-15-16-44(58)40-14-12-34(48(51)52-21-17-32-9-4-3-5-10-32)23-35(40)24-36-29-53-43-31-54(30-41(36)43)49(42)61-47/h3-5,9-10,12,14,23,25,28-29,31,37,39,42,44,48-49,52,55,57-59H,2,6-8,11,13,17-19,21,24,26-27,30,51H2,1H3/p+1. The molecule has 3 aromatic carbocycles. The van der Waals surface area contributed by atoms with E-state index in [9.17, 15) is 25.2 Å². The van der Waals surface area contributed by atoms with Gasteiger partial charge in [0.05, 0.1) is 23.8 Å². The quantitative estimate of drug-likeness (QED) is 0.0905. The first-order valence-corrected chi connectivity index (χ1v) is 21.9. The van der Waals surface area contributed by atoms with E-state index in [-0.39, 0.29) is 43.0 Å². The molecule has 8 rings (SSSR count). The van der Waals surface area contributed by atoms with Gasteiger partial charge in [-0.1, -0.05) is 92.5 Å². The number of rotatable bonds is 14. The second-order valence-electron chi connectivity index (χ2n) is 17.2. The van der Waals surface area contributed by atoms with Gasteiger partial charge < -0.3 is 35.6 Å². The predicted molar refractivity (Wildman–Crippen MR) is 232 cm³/mol. The van der Waals surface area contributed by atoms with Gasteiger partial charge in [-0.05, 0) is 84.4 Å². The van der Waals surface area contributed by atoms with Gasteiger partial charge in [-0.3, -0.25) is 20.0 Å². The molecule has 1 spiro atoms. The minimum Gasteiger partial charge on any atom is -0.508 e. The topological polar surface area (TPSA) is 171 Å². The number of nitrogens with zero attached hydrogens (tertiary/aromatic N) is 1. The maximum atomic E-state index is 12.9. The molecule has 61 heavy (non-hydrogen) atoms. The first-order valence-electron chi connectivity index (χ1n) is 21.9. The first kappa shape index (κ1) is 42.5. The zero-order valence-electron chi connectivity index (χ0n) is 34.8. The largest absolute Gasteiger partial charge is 0.508 e. The van der Waals surface area contributed by atoms with Crippen LogP contribution in [-0.4, -0.2) is 63.9 Å². The number of aliphatic hydroxyl groups excluding tert-OH is 3. The molecule has 318 valence electrons. The van der Waals surface area contributed by atoms with Crippen LogP contribution in [0.5, 0.6) is 17.2 Å². The van der Waals surface area contributed by atoms with Crippen LogP contribution in [0.2, 0.25) is 0 Å². The molecule has 11 nitrogen and oxygen atoms in total. The predicted octanol–water partition coefficient (Wildman–Crippen LogP) is 4.63. The number of quaternary nitrogens is 1. The van der Waals surface area contributed by atoms with E-state index in [1.807, 2.05) is 43.5 Å². The van der Waals surface area contributed by atoms with Crippen LogP contribution in [0.3, 0.4) is 0 Å². The second-order valence-corrected chi connectivity index (χ2v) is 17.2. The normalized spacial score (nSPS) is 23.3. The van der Waals surface area contributed by atoms with Gasteiger partial charge in [0, 0.05) is 37.2 Å². The Hall–Kier alpha value is -5.24. The molecular weight excluding hydrogens is 769 g/mol. The maximum absolute atomic E-state index is 12.9. The smallest absolute Gasteiger partial charge is 0.252 e. The Balaban J connectivity index is 1.10. The minimum atomic E-state index is -1.09. The van der Waals surface area contributed by atoms with E-state index < -0.39 is 42.0 Å². The van der Waals surface area contributed by atoms with E-state index in [0.717, 1.165) is 77.0 Å². The lowest BCUT2D eigenvalue weighted by Crippen LogP contribution is -3.12. The van der Waals surface area contributed by atoms with Crippen LogP contribution < -0.4 is 25.4 Å². The molecule has 1 aliphatic carbocycles. The molecule has 0 aromatic heterocycles. The minimum absolute atomic E-state index is 0.0519. The van der Waals surface area contributed by atoms with Crippen LogP contribution >= 0.6 is 0 Å². The van der Waals surface area contributed by atoms with Crippen molar-refractivity contribution in [2.75, 3.05) is 13.1 Å². The molecule has 0 saturated heterocycles. The molecule has 4 heterocycles. The van der Waals surface area contributed by atoms with E-state index in [1.54, 1.807) is 6.07 Å². The summed E-state index contributed by atoms with van der Waals surface area (Å²) in [5.74, 6) is 10.2. The number of ketones is 1. The molecule has 7 unspecified atom stereocenters. The van der Waals surface area contributed by atoms with Crippen molar-refractivity contribution in [3.05, 3.63) is 112 Å². The van der Waals surface area contributed by atoms with Gasteiger partial charge >= 0.3 is 0 Å². The number of ether oxygens (including phenoxy) is 2. The molecule has 1 saturated carbocycles. The summed E-state index contributed by atoms with van der Waals surface area (Å²) in [6, 6.07) is 19.5. The Morgan fingerprint density at radius 2 is 1.87 bits per heavy atom. The third-order valence-corrected chi connectivity index (χ3v) is 12.9. The number of carbonyl (C=O) groups is 1. The van der Waals surface area contributed by atoms with E-state index in [4.69, 9.17) is 20.2 Å². The highest BCUT2D eigenvalue weighted by Gasteiger charge is 2.51. The van der Waals surface area contributed by atoms with E-state index in [0.29, 0.717) is 37.2 Å². The summed E-state index contributed by atoms with van der Waals surface area (Å²) < 4.78 is 13.1. The molecule has 8 N–H and O–H groups in total. The zero-order valence-corrected chi connectivity index (χ0v) is 34.8. The van der Waals surface area contributed by atoms with Gasteiger partial charge in [-0.15, -0.1) is 0 Å². The Bertz CT molecular complexity index is 2330. The molecule has 2 bridgehead atoms. The molecular formula is C50H57N4O7+. The lowest BCUT2D eigenvalue weighted by atomic mass is 9.73. The van der Waals surface area contributed by atoms with E-state index in [2.05, 4.69) is 53.6 Å². The molecule has 0 amide bonds. The van der Waals surface area contributed by atoms with Crippen molar-refractivity contribution in [2.24, 2.45) is 22.1 Å². The van der Waals surface area contributed by atoms with Crippen LogP contribution in [0.4, 0.5) is 0 Å². The SMILES string of the molecule is CCCC(O)CC(O)CC(=O)CCc1cc2c(cc1O)OC#CC1(CCCC1)C1C#CC(O)c3ccc(C(N)NCCc4ccccc4)cc3CC3=C4C[NH+](C=C4N=C3)C1O2. The third kappa shape index (κ3) is 9.64. The second kappa shape index (κ2) is 18.8. The number of fused-ring (bicyclic) bond motifs is 6. The van der Waals surface area contributed by atoms with Gasteiger partial charge in [-0.25, -0.2) is 0 Å². The monoisotopic (exact) mass is 825 g/mol. The number of allylic oxidation sites excluding steroid dienone is 1. The van der Waals surface area contributed by atoms with E-state index in [1.165, 1.54) is 11.6 Å². The number of hydrogen-bond acceptors (Lipinski definition) is 10. The lowest BCUT2D eigenvalue weighted by Gasteiger charge is -2.36. The van der Waals surface area contributed by atoms with Gasteiger partial charge in [0.1, 0.15) is 48.1 Å². The molecule has 0 radical (unpaired) electrons. The van der Waals surface area contributed by atoms with Gasteiger partial charge in [0.25, 0.3) is 6.23 Å². The number of nitrogens with one attached hydrogen (secondary N) is 2. The average molecular weight is 826 g/mol. The van der Waals surface area contributed by atoms with Crippen molar-refractivity contribution in [2.45, 2.75) is 115 Å². The highest BCUT2D eigenvalue weighted by atomic mass is 16.5. The van der Waals surface area contributed by atoms with Crippen LogP contribution in [-0.2, 0) is 24.1 Å². The summed E-state index contributed by atoms with van der Waals surface area (Å²) in [7, 11) is 0. The Morgan fingerprint density at radius 1 is 1.05 bits per heavy atom. The van der Waals surface area contributed by atoms with Crippen LogP contribution in [0, 0.1) is 35.2 Å². The fourth-order valence-corrected chi connectivity index (χ4v) is 9.54. The average Bonchev–Trinajstić information content (AvgIpc) is 3.99. The van der Waals surface area contributed by atoms with Crippen LogP contribution in [0.15, 0.2) is 88.7 Å². The molecule has 7 atom stereocenters. The van der Waals surface area contributed by atoms with Gasteiger partial charge in [-0.2, -0.15) is 0 Å². The Labute approximate surface area is 358 Å². The molecule has 3 aromatic rings. The summed E-state index contributed by atoms with van der Waals surface area (Å²) in [6.07, 6.45) is 9.92. The fourth-order valence-electron chi connectivity index (χ4n) is 9.54. The van der Waals surface area contributed by atoms with Crippen LogP contribution in [0.25, 0.3) is 0 Å². The Morgan fingerprint density at radius 3 is 2.67 bits per heavy atom. The summed E-state index contributed by atoms with van der Waals surface area (Å²) in [5, 5.41) is 47.1. The van der Waals surface area contributed by atoms with Crippen molar-refractivity contribution in [3.63, 3.8) is 0 Å². The molecule has 5 aliphatic rings. The van der Waals surface area contributed by atoms with Crippen LogP contribution in [0.1, 0.15) is 105 Å². The van der Waals surface area contributed by atoms with Crippen molar-refractivity contribution >= 4 is 12.0 Å². The number of phenolic OH excluding ortho intramolecular Hbond substituents is 1. The van der Waals surface area contributed by atoms with Crippen molar-refractivity contribution in [1.82, 2.24) is 5.32 Å². The third-order valence-electron chi connectivity index (χ3n) is 12.9. The zero-order chi connectivity index (χ0) is 42.5. The number of benzene rings is 3. The number of aliphatic imine (C=N–C) groups is 1. The summed E-state index contributed by atoms with van der Waals surface area (Å²) in [4.78, 5) is 18.8. The number of phenols is 1. The first-order chi connectivity index (χ1) is 29.6. The van der Waals surface area contributed by atoms with Crippen molar-refractivity contribution in [3.8, 4) is 41.1 Å². The number of aliphatic hydroxyl groups is 3. The number of aryl methyl sites for hydroxylation is 1. The highest BCUT2D eigenvalue weighted by molar-refractivity contribution is 5.87. The number of nitrogens with two attached hydrogens (primary N) is 1. The number of hydrogen-bond donors (Lipinski definition) is 7. The van der Waals surface area contributed by atoms with Crippen molar-refractivity contribution < 1.29 is 39.6 Å². The summed E-state index contributed by atoms with van der Waals surface area (Å²) in [6.45, 7) is 3.27. The molecule has 1 fully saturated rings. The highest BCUT2D eigenvalue weighted by Crippen LogP contribution is 2.47. The Kier molecular flexibility index (Phi) is 13.1. The van der Waals surface area contributed by atoms with E-state index >= 15 is 0 Å². The molecule has 11 heteroatoms. The molecule has 4 aliphatic heterocycles.